The molecule has 0 aliphatic carbocycles. The SMILES string of the molecule is CN(CCc1ccc2c(c1)ncn2C)C(=O)NN. The molecule has 0 atom stereocenters. The van der Waals surface area contributed by atoms with Gasteiger partial charge in [0.2, 0.25) is 0 Å². The van der Waals surface area contributed by atoms with Crippen molar-refractivity contribution in [3.8, 4) is 0 Å². The van der Waals surface area contributed by atoms with E-state index in [2.05, 4.69) is 16.5 Å². The molecule has 2 aromatic rings. The van der Waals surface area contributed by atoms with Crippen molar-refractivity contribution in [2.24, 2.45) is 12.9 Å². The number of nitrogens with two attached hydrogens (primary N) is 1. The maximum atomic E-state index is 11.2. The maximum Gasteiger partial charge on any atom is 0.331 e. The van der Waals surface area contributed by atoms with Crippen molar-refractivity contribution in [3.05, 3.63) is 30.1 Å². The zero-order chi connectivity index (χ0) is 13.1. The summed E-state index contributed by atoms with van der Waals surface area (Å²) in [4.78, 5) is 17.1. The predicted octanol–water partition coefficient (Wildman–Crippen LogP) is 0.631. The third-order valence-electron chi connectivity index (χ3n) is 3.00. The second-order valence-electron chi connectivity index (χ2n) is 4.30. The smallest absolute Gasteiger partial charge is 0.331 e. The highest BCUT2D eigenvalue weighted by Gasteiger charge is 2.07. The van der Waals surface area contributed by atoms with Crippen LogP contribution in [0.1, 0.15) is 5.56 Å². The minimum absolute atomic E-state index is 0.283. The van der Waals surface area contributed by atoms with Crippen LogP contribution in [0.4, 0.5) is 4.79 Å². The third kappa shape index (κ3) is 2.43. The van der Waals surface area contributed by atoms with Gasteiger partial charge in [-0.2, -0.15) is 0 Å². The number of amides is 2. The first kappa shape index (κ1) is 12.4. The number of rotatable bonds is 3. The number of fused-ring (bicyclic) bond motifs is 1. The van der Waals surface area contributed by atoms with Gasteiger partial charge >= 0.3 is 6.03 Å². The summed E-state index contributed by atoms with van der Waals surface area (Å²) in [5.41, 5.74) is 5.33. The Morgan fingerprint density at radius 3 is 3.06 bits per heavy atom. The number of carbonyl (C=O) groups excluding carboxylic acids is 1. The predicted molar refractivity (Wildman–Crippen MR) is 69.8 cm³/mol. The molecule has 0 unspecified atom stereocenters. The van der Waals surface area contributed by atoms with E-state index in [1.807, 2.05) is 23.7 Å². The Labute approximate surface area is 105 Å². The van der Waals surface area contributed by atoms with Gasteiger partial charge in [-0.05, 0) is 24.1 Å². The first-order chi connectivity index (χ1) is 8.61. The molecular formula is C12H17N5O. The number of aromatic nitrogens is 2. The molecule has 0 aliphatic heterocycles. The van der Waals surface area contributed by atoms with Crippen molar-refractivity contribution < 1.29 is 4.79 Å². The lowest BCUT2D eigenvalue weighted by Crippen LogP contribution is -2.41. The van der Waals surface area contributed by atoms with Gasteiger partial charge in [-0.25, -0.2) is 15.6 Å². The first-order valence-electron chi connectivity index (χ1n) is 5.73. The topological polar surface area (TPSA) is 76.2 Å². The van der Waals surface area contributed by atoms with Crippen LogP contribution in [0, 0.1) is 0 Å². The minimum atomic E-state index is -0.283. The highest BCUT2D eigenvalue weighted by atomic mass is 16.2. The summed E-state index contributed by atoms with van der Waals surface area (Å²) in [6.45, 7) is 0.612. The normalized spacial score (nSPS) is 10.6. The Bertz CT molecular complexity index is 563. The first-order valence-corrected chi connectivity index (χ1v) is 5.73. The van der Waals surface area contributed by atoms with E-state index in [9.17, 15) is 4.79 Å². The molecule has 0 aliphatic rings. The van der Waals surface area contributed by atoms with Crippen molar-refractivity contribution in [2.45, 2.75) is 6.42 Å². The lowest BCUT2D eigenvalue weighted by Gasteiger charge is -2.15. The Kier molecular flexibility index (Phi) is 3.47. The summed E-state index contributed by atoms with van der Waals surface area (Å²) in [6.07, 6.45) is 2.57. The fourth-order valence-electron chi connectivity index (χ4n) is 1.85. The molecule has 0 fully saturated rings. The number of aryl methyl sites for hydroxylation is 1. The van der Waals surface area contributed by atoms with E-state index in [0.717, 1.165) is 23.0 Å². The van der Waals surface area contributed by atoms with E-state index < -0.39 is 0 Å². The number of imidazole rings is 1. The number of nitrogens with zero attached hydrogens (tertiary/aromatic N) is 3. The van der Waals surface area contributed by atoms with Crippen LogP contribution in [0.5, 0.6) is 0 Å². The second-order valence-corrected chi connectivity index (χ2v) is 4.30. The van der Waals surface area contributed by atoms with E-state index in [0.29, 0.717) is 6.54 Å². The Morgan fingerprint density at radius 2 is 2.33 bits per heavy atom. The van der Waals surface area contributed by atoms with Crippen LogP contribution >= 0.6 is 0 Å². The standard InChI is InChI=1S/C12H17N5O/c1-16(12(18)15-13)6-5-9-3-4-11-10(7-9)14-8-17(11)2/h3-4,7-8H,5-6,13H2,1-2H3,(H,15,18). The molecule has 6 nitrogen and oxygen atoms in total. The molecule has 2 rings (SSSR count). The molecule has 1 aromatic carbocycles. The number of carbonyl (C=O) groups is 1. The minimum Gasteiger partial charge on any atom is -0.334 e. The van der Waals surface area contributed by atoms with Gasteiger partial charge in [0.1, 0.15) is 0 Å². The molecule has 96 valence electrons. The van der Waals surface area contributed by atoms with E-state index in [-0.39, 0.29) is 6.03 Å². The van der Waals surface area contributed by atoms with Gasteiger partial charge in [0.25, 0.3) is 0 Å². The molecule has 0 saturated heterocycles. The van der Waals surface area contributed by atoms with Crippen molar-refractivity contribution in [2.75, 3.05) is 13.6 Å². The highest BCUT2D eigenvalue weighted by molar-refractivity contribution is 5.76. The van der Waals surface area contributed by atoms with Gasteiger partial charge in [-0.3, -0.25) is 5.43 Å². The second kappa shape index (κ2) is 5.05. The van der Waals surface area contributed by atoms with Crippen molar-refractivity contribution in [1.29, 1.82) is 0 Å². The zero-order valence-electron chi connectivity index (χ0n) is 10.6. The molecule has 0 spiro atoms. The van der Waals surface area contributed by atoms with Crippen LogP contribution in [0.2, 0.25) is 0 Å². The van der Waals surface area contributed by atoms with E-state index >= 15 is 0 Å². The number of urea groups is 1. The Hall–Kier alpha value is -2.08. The van der Waals surface area contributed by atoms with Gasteiger partial charge in [0.15, 0.2) is 0 Å². The van der Waals surface area contributed by atoms with Crippen molar-refractivity contribution in [1.82, 2.24) is 19.9 Å². The maximum absolute atomic E-state index is 11.2. The number of hydrazine groups is 1. The highest BCUT2D eigenvalue weighted by Crippen LogP contribution is 2.14. The number of benzene rings is 1. The summed E-state index contributed by atoms with van der Waals surface area (Å²) in [6, 6.07) is 5.86. The molecule has 0 saturated carbocycles. The van der Waals surface area contributed by atoms with Crippen LogP contribution in [0.15, 0.2) is 24.5 Å². The summed E-state index contributed by atoms with van der Waals surface area (Å²) in [5.74, 6) is 5.07. The zero-order valence-corrected chi connectivity index (χ0v) is 10.6. The van der Waals surface area contributed by atoms with Crippen LogP contribution in [-0.2, 0) is 13.5 Å². The molecule has 1 aromatic heterocycles. The van der Waals surface area contributed by atoms with Gasteiger partial charge in [-0.1, -0.05) is 6.07 Å². The average Bonchev–Trinajstić information content (AvgIpc) is 2.76. The molecular weight excluding hydrogens is 230 g/mol. The summed E-state index contributed by atoms with van der Waals surface area (Å²) in [5, 5.41) is 0. The molecule has 6 heteroatoms. The Morgan fingerprint density at radius 1 is 1.56 bits per heavy atom. The molecule has 1 heterocycles. The van der Waals surface area contributed by atoms with E-state index in [4.69, 9.17) is 5.84 Å². The van der Waals surface area contributed by atoms with Gasteiger partial charge in [-0.15, -0.1) is 0 Å². The van der Waals surface area contributed by atoms with Crippen molar-refractivity contribution in [3.63, 3.8) is 0 Å². The number of likely N-dealkylation sites (N-methyl/N-ethyl adjacent to an activating group) is 1. The summed E-state index contributed by atoms with van der Waals surface area (Å²) in [7, 11) is 3.68. The molecule has 2 amide bonds. The Balaban J connectivity index is 2.06. The largest absolute Gasteiger partial charge is 0.334 e. The molecule has 18 heavy (non-hydrogen) atoms. The average molecular weight is 247 g/mol. The van der Waals surface area contributed by atoms with Crippen LogP contribution in [0.3, 0.4) is 0 Å². The van der Waals surface area contributed by atoms with Gasteiger partial charge in [0, 0.05) is 20.6 Å². The number of hydrogen-bond acceptors (Lipinski definition) is 3. The van der Waals surface area contributed by atoms with E-state index in [1.54, 1.807) is 18.3 Å². The fourth-order valence-corrected chi connectivity index (χ4v) is 1.85. The quantitative estimate of drug-likeness (QED) is 0.474. The van der Waals surface area contributed by atoms with Crippen molar-refractivity contribution >= 4 is 17.1 Å². The summed E-state index contributed by atoms with van der Waals surface area (Å²) < 4.78 is 1.98. The number of nitrogens with one attached hydrogen (secondary N) is 1. The molecule has 0 bridgehead atoms. The third-order valence-corrected chi connectivity index (χ3v) is 3.00. The monoisotopic (exact) mass is 247 g/mol. The molecule has 0 radical (unpaired) electrons. The fraction of sp³-hybridized carbons (Fsp3) is 0.333. The molecule has 3 N–H and O–H groups in total. The van der Waals surface area contributed by atoms with Gasteiger partial charge < -0.3 is 9.47 Å². The van der Waals surface area contributed by atoms with Crippen LogP contribution in [-0.4, -0.2) is 34.1 Å². The van der Waals surface area contributed by atoms with E-state index in [1.165, 1.54) is 0 Å². The number of hydrogen-bond donors (Lipinski definition) is 2. The van der Waals surface area contributed by atoms with Crippen LogP contribution < -0.4 is 11.3 Å². The lowest BCUT2D eigenvalue weighted by atomic mass is 10.1. The summed E-state index contributed by atoms with van der Waals surface area (Å²) >= 11 is 0. The van der Waals surface area contributed by atoms with Gasteiger partial charge in [0.05, 0.1) is 17.4 Å². The lowest BCUT2D eigenvalue weighted by molar-refractivity contribution is 0.209. The van der Waals surface area contributed by atoms with Crippen LogP contribution in [0.25, 0.3) is 11.0 Å².